The van der Waals surface area contributed by atoms with E-state index in [-0.39, 0.29) is 9.79 Å². The Labute approximate surface area is 168 Å². The Balaban J connectivity index is 1.77. The average molecular weight is 419 g/mol. The molecule has 0 saturated carbocycles. The molecule has 1 heterocycles. The zero-order valence-corrected chi connectivity index (χ0v) is 16.8. The van der Waals surface area contributed by atoms with Gasteiger partial charge in [-0.25, -0.2) is 12.8 Å². The highest BCUT2D eigenvalue weighted by Crippen LogP contribution is 2.38. The molecule has 1 N–H and O–H groups in total. The Hall–Kier alpha value is -2.29. The van der Waals surface area contributed by atoms with Crippen LogP contribution in [0.2, 0.25) is 0 Å². The number of halogens is 1. The number of hydrogen-bond acceptors (Lipinski definition) is 6. The van der Waals surface area contributed by atoms with E-state index in [0.717, 1.165) is 17.2 Å². The van der Waals surface area contributed by atoms with Crippen LogP contribution in [-0.2, 0) is 31.3 Å². The minimum Gasteiger partial charge on any atom is -0.411 e. The van der Waals surface area contributed by atoms with Crippen LogP contribution in [0, 0.1) is 5.82 Å². The fourth-order valence-electron chi connectivity index (χ4n) is 4.15. The molecule has 2 aliphatic rings. The molecule has 1 aliphatic carbocycles. The molecule has 1 saturated heterocycles. The van der Waals surface area contributed by atoms with Crippen molar-refractivity contribution >= 4 is 15.5 Å². The smallest absolute Gasteiger partial charge is 0.206 e. The molecule has 8 heteroatoms. The molecular weight excluding hydrogens is 397 g/mol. The van der Waals surface area contributed by atoms with E-state index in [2.05, 4.69) is 5.16 Å². The second kappa shape index (κ2) is 7.51. The number of aryl methyl sites for hydroxylation is 1. The third kappa shape index (κ3) is 3.45. The van der Waals surface area contributed by atoms with Gasteiger partial charge < -0.3 is 14.7 Å². The molecule has 0 amide bonds. The van der Waals surface area contributed by atoms with Crippen LogP contribution in [0.15, 0.2) is 51.3 Å². The molecule has 0 spiro atoms. The van der Waals surface area contributed by atoms with Crippen LogP contribution < -0.4 is 0 Å². The summed E-state index contributed by atoms with van der Waals surface area (Å²) in [7, 11) is -2.39. The number of ether oxygens (including phenoxy) is 2. The lowest BCUT2D eigenvalue weighted by Crippen LogP contribution is -2.35. The zero-order chi connectivity index (χ0) is 20.6. The van der Waals surface area contributed by atoms with Gasteiger partial charge in [0.2, 0.25) is 9.84 Å². The number of methoxy groups -OCH3 is 1. The Morgan fingerprint density at radius 1 is 1.10 bits per heavy atom. The van der Waals surface area contributed by atoms with E-state index in [9.17, 15) is 12.8 Å². The van der Waals surface area contributed by atoms with E-state index < -0.39 is 21.3 Å². The fraction of sp³-hybridized carbons (Fsp3) is 0.381. The van der Waals surface area contributed by atoms with Gasteiger partial charge >= 0.3 is 0 Å². The van der Waals surface area contributed by atoms with Crippen molar-refractivity contribution in [2.24, 2.45) is 5.16 Å². The van der Waals surface area contributed by atoms with Crippen LogP contribution in [0.25, 0.3) is 0 Å². The van der Waals surface area contributed by atoms with Crippen molar-refractivity contribution in [2.45, 2.75) is 41.1 Å². The number of fused-ring (bicyclic) bond motifs is 1. The average Bonchev–Trinajstić information content (AvgIpc) is 3.16. The molecule has 0 radical (unpaired) electrons. The third-order valence-corrected chi connectivity index (χ3v) is 7.58. The molecule has 0 unspecified atom stereocenters. The minimum absolute atomic E-state index is 0.0884. The summed E-state index contributed by atoms with van der Waals surface area (Å²) in [6.07, 6.45) is 2.19. The summed E-state index contributed by atoms with van der Waals surface area (Å²) in [6, 6.07) is 8.56. The number of benzene rings is 2. The normalized spacial score (nSPS) is 20.0. The summed E-state index contributed by atoms with van der Waals surface area (Å²) in [5, 5.41) is 12.3. The van der Waals surface area contributed by atoms with Crippen molar-refractivity contribution in [3.8, 4) is 0 Å². The largest absolute Gasteiger partial charge is 0.411 e. The van der Waals surface area contributed by atoms with Crippen LogP contribution in [0.3, 0.4) is 0 Å². The van der Waals surface area contributed by atoms with Crippen molar-refractivity contribution in [3.63, 3.8) is 0 Å². The maximum atomic E-state index is 14.5. The quantitative estimate of drug-likeness (QED) is 0.606. The molecule has 0 bridgehead atoms. The third-order valence-electron chi connectivity index (χ3n) is 5.85. The van der Waals surface area contributed by atoms with Gasteiger partial charge in [0.05, 0.1) is 21.1 Å². The van der Waals surface area contributed by atoms with Gasteiger partial charge in [-0.15, -0.1) is 0 Å². The Morgan fingerprint density at radius 3 is 2.55 bits per heavy atom. The Bertz CT molecular complexity index is 1070. The zero-order valence-electron chi connectivity index (χ0n) is 16.0. The van der Waals surface area contributed by atoms with Gasteiger partial charge in [-0.1, -0.05) is 11.2 Å². The van der Waals surface area contributed by atoms with Gasteiger partial charge in [-0.2, -0.15) is 0 Å². The van der Waals surface area contributed by atoms with Crippen LogP contribution in [0.1, 0.15) is 36.0 Å². The van der Waals surface area contributed by atoms with Crippen molar-refractivity contribution in [1.29, 1.82) is 0 Å². The summed E-state index contributed by atoms with van der Waals surface area (Å²) >= 11 is 0. The molecule has 0 aromatic heterocycles. The summed E-state index contributed by atoms with van der Waals surface area (Å²) in [5.41, 5.74) is 1.81. The highest BCUT2D eigenvalue weighted by molar-refractivity contribution is 7.91. The van der Waals surface area contributed by atoms with E-state index in [4.69, 9.17) is 14.7 Å². The van der Waals surface area contributed by atoms with E-state index >= 15 is 0 Å². The van der Waals surface area contributed by atoms with Crippen LogP contribution in [0.5, 0.6) is 0 Å². The topological polar surface area (TPSA) is 85.2 Å². The molecule has 154 valence electrons. The maximum absolute atomic E-state index is 14.5. The minimum atomic E-state index is -3.93. The van der Waals surface area contributed by atoms with Crippen LogP contribution >= 0.6 is 0 Å². The second-order valence-corrected chi connectivity index (χ2v) is 9.31. The molecule has 2 aromatic rings. The first-order valence-electron chi connectivity index (χ1n) is 9.43. The number of nitrogens with zero attached hydrogens (tertiary/aromatic N) is 1. The van der Waals surface area contributed by atoms with E-state index in [1.165, 1.54) is 18.2 Å². The number of sulfone groups is 1. The van der Waals surface area contributed by atoms with Crippen molar-refractivity contribution < 1.29 is 27.5 Å². The predicted octanol–water partition coefficient (Wildman–Crippen LogP) is 3.44. The van der Waals surface area contributed by atoms with Crippen molar-refractivity contribution in [1.82, 2.24) is 0 Å². The first-order valence-corrected chi connectivity index (χ1v) is 10.9. The van der Waals surface area contributed by atoms with Gasteiger partial charge in [-0.3, -0.25) is 0 Å². The van der Waals surface area contributed by atoms with Gasteiger partial charge in [0.1, 0.15) is 5.82 Å². The van der Waals surface area contributed by atoms with Gasteiger partial charge in [0.15, 0.2) is 0 Å². The summed E-state index contributed by atoms with van der Waals surface area (Å²) in [6.45, 7) is 0.929. The lowest BCUT2D eigenvalue weighted by Gasteiger charge is -2.36. The molecule has 1 fully saturated rings. The molecule has 1 aliphatic heterocycles. The lowest BCUT2D eigenvalue weighted by atomic mass is 9.86. The summed E-state index contributed by atoms with van der Waals surface area (Å²) < 4.78 is 52.0. The SMILES string of the molecule is COC1(c2cc(F)cc(S(=O)(=O)c3ccc4c(c3)CC/C4=N/O)c2)CCOCC1. The second-order valence-electron chi connectivity index (χ2n) is 7.36. The maximum Gasteiger partial charge on any atom is 0.206 e. The predicted molar refractivity (Wildman–Crippen MR) is 104 cm³/mol. The Morgan fingerprint density at radius 2 is 1.86 bits per heavy atom. The lowest BCUT2D eigenvalue weighted by molar-refractivity contribution is -0.0950. The molecule has 4 rings (SSSR count). The number of oxime groups is 1. The molecule has 29 heavy (non-hydrogen) atoms. The van der Waals surface area contributed by atoms with Crippen LogP contribution in [-0.4, -0.2) is 39.7 Å². The Kier molecular flexibility index (Phi) is 5.18. The van der Waals surface area contributed by atoms with Gasteiger partial charge in [-0.05, 0) is 54.3 Å². The standard InChI is InChI=1S/C21H22FNO5S/c1-27-21(6-8-28-9-7-21)15-11-16(22)13-18(12-15)29(25,26)17-3-4-19-14(10-17)2-5-20(19)23-24/h3-4,10-13,24H,2,5-9H2,1H3/b23-20-. The molecular formula is C21H22FNO5S. The first kappa shape index (κ1) is 20.0. The van der Waals surface area contributed by atoms with Crippen molar-refractivity contribution in [2.75, 3.05) is 20.3 Å². The van der Waals surface area contributed by atoms with E-state index in [1.807, 2.05) is 0 Å². The first-order chi connectivity index (χ1) is 13.9. The van der Waals surface area contributed by atoms with Crippen LogP contribution in [0.4, 0.5) is 4.39 Å². The van der Waals surface area contributed by atoms with E-state index in [0.29, 0.717) is 50.2 Å². The summed E-state index contributed by atoms with van der Waals surface area (Å²) in [4.78, 5) is -0.0187. The molecule has 2 aromatic carbocycles. The number of hydrogen-bond donors (Lipinski definition) is 1. The van der Waals surface area contributed by atoms with Crippen molar-refractivity contribution in [3.05, 3.63) is 58.9 Å². The highest BCUT2D eigenvalue weighted by atomic mass is 32.2. The summed E-state index contributed by atoms with van der Waals surface area (Å²) in [5.74, 6) is -0.625. The number of rotatable bonds is 4. The monoisotopic (exact) mass is 419 g/mol. The van der Waals surface area contributed by atoms with Gasteiger partial charge in [0.25, 0.3) is 0 Å². The highest BCUT2D eigenvalue weighted by Gasteiger charge is 2.36. The van der Waals surface area contributed by atoms with Gasteiger partial charge in [0, 0.05) is 38.7 Å². The van der Waals surface area contributed by atoms with E-state index in [1.54, 1.807) is 19.2 Å². The molecule has 6 nitrogen and oxygen atoms in total. The molecule has 0 atom stereocenters. The fourth-order valence-corrected chi connectivity index (χ4v) is 5.51.